The molecule has 0 fully saturated rings. The van der Waals surface area contributed by atoms with Crippen molar-refractivity contribution in [2.45, 2.75) is 12.5 Å². The Balaban J connectivity index is 0. The van der Waals surface area contributed by atoms with Crippen molar-refractivity contribution >= 4 is 11.8 Å². The van der Waals surface area contributed by atoms with Crippen LogP contribution >= 0.6 is 11.8 Å². The van der Waals surface area contributed by atoms with Gasteiger partial charge in [0.05, 0.1) is 6.07 Å². The lowest BCUT2D eigenvalue weighted by Crippen LogP contribution is -2.02. The Labute approximate surface area is 59.6 Å². The maximum atomic E-state index is 8.61. The molecular formula is C5H12N2OS. The third kappa shape index (κ3) is 7.76. The van der Waals surface area contributed by atoms with Gasteiger partial charge in [0.1, 0.15) is 6.10 Å². The molecule has 1 unspecified atom stereocenters. The SMILES string of the molecule is CSCCC(O)C#N.N. The zero-order chi connectivity index (χ0) is 6.41. The maximum absolute atomic E-state index is 8.61. The summed E-state index contributed by atoms with van der Waals surface area (Å²) in [5, 5.41) is 16.7. The quantitative estimate of drug-likeness (QED) is 0.580. The topological polar surface area (TPSA) is 79.0 Å². The summed E-state index contributed by atoms with van der Waals surface area (Å²) < 4.78 is 0. The van der Waals surface area contributed by atoms with Crippen molar-refractivity contribution in [1.82, 2.24) is 6.15 Å². The van der Waals surface area contributed by atoms with Gasteiger partial charge in [-0.15, -0.1) is 0 Å². The van der Waals surface area contributed by atoms with Crippen molar-refractivity contribution in [3.63, 3.8) is 0 Å². The number of hydrogen-bond donors (Lipinski definition) is 2. The van der Waals surface area contributed by atoms with Crippen LogP contribution < -0.4 is 6.15 Å². The Morgan fingerprint density at radius 1 is 1.78 bits per heavy atom. The Morgan fingerprint density at radius 2 is 2.33 bits per heavy atom. The zero-order valence-corrected chi connectivity index (χ0v) is 6.32. The molecule has 1 atom stereocenters. The molecule has 54 valence electrons. The van der Waals surface area contributed by atoms with Crippen LogP contribution in [0.2, 0.25) is 0 Å². The van der Waals surface area contributed by atoms with E-state index in [0.29, 0.717) is 6.42 Å². The molecular weight excluding hydrogens is 136 g/mol. The normalized spacial score (nSPS) is 11.2. The van der Waals surface area contributed by atoms with Crippen LogP contribution in [0.4, 0.5) is 0 Å². The first-order valence-electron chi connectivity index (χ1n) is 2.38. The maximum Gasteiger partial charge on any atom is 0.141 e. The molecule has 0 aromatic rings. The molecule has 4 N–H and O–H groups in total. The van der Waals surface area contributed by atoms with E-state index < -0.39 is 6.10 Å². The molecule has 0 rings (SSSR count). The van der Waals surface area contributed by atoms with Crippen LogP contribution in [0.1, 0.15) is 6.42 Å². The van der Waals surface area contributed by atoms with Gasteiger partial charge in [-0.1, -0.05) is 0 Å². The van der Waals surface area contributed by atoms with E-state index in [0.717, 1.165) is 5.75 Å². The van der Waals surface area contributed by atoms with Crippen LogP contribution in [0, 0.1) is 11.3 Å². The molecule has 0 bridgehead atoms. The van der Waals surface area contributed by atoms with E-state index in [-0.39, 0.29) is 6.15 Å². The number of thioether (sulfide) groups is 1. The van der Waals surface area contributed by atoms with E-state index in [1.807, 2.05) is 6.26 Å². The van der Waals surface area contributed by atoms with Gasteiger partial charge in [-0.3, -0.25) is 0 Å². The van der Waals surface area contributed by atoms with Gasteiger partial charge in [-0.05, 0) is 18.4 Å². The highest BCUT2D eigenvalue weighted by molar-refractivity contribution is 7.98. The average molecular weight is 148 g/mol. The minimum atomic E-state index is -0.762. The highest BCUT2D eigenvalue weighted by Crippen LogP contribution is 1.98. The van der Waals surface area contributed by atoms with Crippen molar-refractivity contribution in [2.24, 2.45) is 0 Å². The molecule has 4 heteroatoms. The van der Waals surface area contributed by atoms with E-state index in [9.17, 15) is 0 Å². The van der Waals surface area contributed by atoms with Gasteiger partial charge in [0, 0.05) is 0 Å². The number of hydrogen-bond acceptors (Lipinski definition) is 4. The predicted octanol–water partition coefficient (Wildman–Crippen LogP) is 0.786. The third-order valence-corrected chi connectivity index (χ3v) is 1.39. The van der Waals surface area contributed by atoms with Crippen molar-refractivity contribution in [3.05, 3.63) is 0 Å². The van der Waals surface area contributed by atoms with Gasteiger partial charge in [0.2, 0.25) is 0 Å². The summed E-state index contributed by atoms with van der Waals surface area (Å²) in [5.74, 6) is 0.856. The molecule has 0 aliphatic rings. The summed E-state index contributed by atoms with van der Waals surface area (Å²) in [4.78, 5) is 0. The lowest BCUT2D eigenvalue weighted by atomic mass is 10.3. The van der Waals surface area contributed by atoms with Crippen molar-refractivity contribution in [3.8, 4) is 6.07 Å². The second-order valence-corrected chi connectivity index (χ2v) is 2.41. The summed E-state index contributed by atoms with van der Waals surface area (Å²) in [5.41, 5.74) is 0. The Morgan fingerprint density at radius 3 is 2.67 bits per heavy atom. The fraction of sp³-hybridized carbons (Fsp3) is 0.800. The molecule has 0 heterocycles. The van der Waals surface area contributed by atoms with E-state index in [2.05, 4.69) is 0 Å². The first-order chi connectivity index (χ1) is 3.81. The summed E-state index contributed by atoms with van der Waals surface area (Å²) in [6.45, 7) is 0. The van der Waals surface area contributed by atoms with E-state index in [1.165, 1.54) is 0 Å². The molecule has 0 saturated heterocycles. The molecule has 0 spiro atoms. The number of nitriles is 1. The molecule has 0 aliphatic carbocycles. The van der Waals surface area contributed by atoms with Crippen LogP contribution in [0.25, 0.3) is 0 Å². The largest absolute Gasteiger partial charge is 0.378 e. The number of aliphatic hydroxyl groups excluding tert-OH is 1. The fourth-order valence-electron chi connectivity index (χ4n) is 0.294. The molecule has 0 aromatic heterocycles. The monoisotopic (exact) mass is 148 g/mol. The van der Waals surface area contributed by atoms with Gasteiger partial charge < -0.3 is 11.3 Å². The Hall–Kier alpha value is -0.240. The second kappa shape index (κ2) is 7.76. The van der Waals surface area contributed by atoms with Crippen LogP contribution in [-0.2, 0) is 0 Å². The standard InChI is InChI=1S/C5H9NOS.H3N/c1-8-3-2-5(7)4-6;/h5,7H,2-3H2,1H3;1H3. The van der Waals surface area contributed by atoms with Crippen LogP contribution in [0.3, 0.4) is 0 Å². The highest BCUT2D eigenvalue weighted by atomic mass is 32.2. The lowest BCUT2D eigenvalue weighted by molar-refractivity contribution is 0.227. The average Bonchev–Trinajstić information content (AvgIpc) is 1.83. The Bertz CT molecular complexity index is 91.4. The van der Waals surface area contributed by atoms with Gasteiger partial charge in [-0.25, -0.2) is 0 Å². The van der Waals surface area contributed by atoms with Gasteiger partial charge in [-0.2, -0.15) is 17.0 Å². The summed E-state index contributed by atoms with van der Waals surface area (Å²) in [7, 11) is 0. The van der Waals surface area contributed by atoms with Crippen molar-refractivity contribution < 1.29 is 5.11 Å². The highest BCUT2D eigenvalue weighted by Gasteiger charge is 1.97. The number of nitrogens with zero attached hydrogens (tertiary/aromatic N) is 1. The molecule has 0 aliphatic heterocycles. The minimum absolute atomic E-state index is 0. The van der Waals surface area contributed by atoms with Crippen molar-refractivity contribution in [1.29, 1.82) is 5.26 Å². The van der Waals surface area contributed by atoms with E-state index in [4.69, 9.17) is 10.4 Å². The number of aliphatic hydroxyl groups is 1. The summed E-state index contributed by atoms with van der Waals surface area (Å²) >= 11 is 1.63. The molecule has 9 heavy (non-hydrogen) atoms. The van der Waals surface area contributed by atoms with E-state index >= 15 is 0 Å². The molecule has 0 radical (unpaired) electrons. The lowest BCUT2D eigenvalue weighted by Gasteiger charge is -1.95. The van der Waals surface area contributed by atoms with Gasteiger partial charge in [0.25, 0.3) is 0 Å². The predicted molar refractivity (Wildman–Crippen MR) is 39.6 cm³/mol. The minimum Gasteiger partial charge on any atom is -0.378 e. The van der Waals surface area contributed by atoms with Gasteiger partial charge in [0.15, 0.2) is 0 Å². The first-order valence-corrected chi connectivity index (χ1v) is 3.77. The second-order valence-electron chi connectivity index (χ2n) is 1.43. The zero-order valence-electron chi connectivity index (χ0n) is 5.50. The fourth-order valence-corrected chi connectivity index (χ4v) is 0.753. The first kappa shape index (κ1) is 11.5. The molecule has 0 aromatic carbocycles. The Kier molecular flexibility index (Phi) is 9.95. The van der Waals surface area contributed by atoms with E-state index in [1.54, 1.807) is 17.8 Å². The third-order valence-electron chi connectivity index (χ3n) is 0.744. The van der Waals surface area contributed by atoms with Crippen molar-refractivity contribution in [2.75, 3.05) is 12.0 Å². The van der Waals surface area contributed by atoms with Crippen LogP contribution in [0.5, 0.6) is 0 Å². The number of rotatable bonds is 3. The molecule has 0 amide bonds. The summed E-state index contributed by atoms with van der Waals surface area (Å²) in [6, 6.07) is 1.74. The molecule has 0 saturated carbocycles. The van der Waals surface area contributed by atoms with Crippen LogP contribution in [0.15, 0.2) is 0 Å². The smallest absolute Gasteiger partial charge is 0.141 e. The van der Waals surface area contributed by atoms with Gasteiger partial charge >= 0.3 is 0 Å². The summed E-state index contributed by atoms with van der Waals surface area (Å²) in [6.07, 6.45) is 1.77. The molecule has 3 nitrogen and oxygen atoms in total. The van der Waals surface area contributed by atoms with Crippen LogP contribution in [-0.4, -0.2) is 23.2 Å².